The third-order valence-electron chi connectivity index (χ3n) is 5.58. The molecule has 1 aliphatic heterocycles. The fraction of sp³-hybridized carbons (Fsp3) is 0.409. The van der Waals surface area contributed by atoms with Gasteiger partial charge >= 0.3 is 0 Å². The van der Waals surface area contributed by atoms with Crippen LogP contribution in [0.25, 0.3) is 0 Å². The number of hydrogen-bond acceptors (Lipinski definition) is 4. The number of hydrogen-bond donors (Lipinski definition) is 1. The van der Waals surface area contributed by atoms with Crippen LogP contribution in [0.2, 0.25) is 0 Å². The zero-order chi connectivity index (χ0) is 21.2. The first-order valence-corrected chi connectivity index (χ1v) is 11.2. The van der Waals surface area contributed by atoms with E-state index in [1.165, 1.54) is 11.4 Å². The average Bonchev–Trinajstić information content (AvgIpc) is 2.70. The molecule has 29 heavy (non-hydrogen) atoms. The van der Waals surface area contributed by atoms with E-state index in [0.29, 0.717) is 37.2 Å². The number of carbonyl (C=O) groups is 1. The Bertz CT molecular complexity index is 1010. The molecule has 2 aromatic carbocycles. The maximum absolute atomic E-state index is 13.2. The van der Waals surface area contributed by atoms with Crippen molar-refractivity contribution in [2.24, 2.45) is 0 Å². The molecule has 1 saturated heterocycles. The lowest BCUT2D eigenvalue weighted by molar-refractivity contribution is 0.0923. The SMILES string of the molecule is COc1cc(C)c(C)cc1S(=O)(=O)N1CCC(NC(=O)c2ccccc2C)CC1. The van der Waals surface area contributed by atoms with Crippen LogP contribution in [0, 0.1) is 20.8 Å². The molecule has 1 heterocycles. The van der Waals surface area contributed by atoms with Crippen LogP contribution in [-0.4, -0.2) is 44.9 Å². The van der Waals surface area contributed by atoms with Crippen LogP contribution < -0.4 is 10.1 Å². The lowest BCUT2D eigenvalue weighted by Gasteiger charge is -2.32. The van der Waals surface area contributed by atoms with Gasteiger partial charge < -0.3 is 10.1 Å². The molecule has 0 unspecified atom stereocenters. The molecule has 0 atom stereocenters. The van der Waals surface area contributed by atoms with Gasteiger partial charge in [-0.05, 0) is 68.5 Å². The van der Waals surface area contributed by atoms with Gasteiger partial charge in [0.2, 0.25) is 10.0 Å². The second kappa shape index (κ2) is 8.55. The summed E-state index contributed by atoms with van der Waals surface area (Å²) in [6.07, 6.45) is 1.15. The van der Waals surface area contributed by atoms with Crippen molar-refractivity contribution in [3.8, 4) is 5.75 Å². The number of nitrogens with one attached hydrogen (secondary N) is 1. The van der Waals surface area contributed by atoms with Gasteiger partial charge in [0.15, 0.2) is 0 Å². The molecule has 1 fully saturated rings. The molecule has 0 bridgehead atoms. The zero-order valence-corrected chi connectivity index (χ0v) is 18.2. The Morgan fingerprint density at radius 3 is 2.28 bits per heavy atom. The average molecular weight is 417 g/mol. The highest BCUT2D eigenvalue weighted by Crippen LogP contribution is 2.31. The number of aryl methyl sites for hydroxylation is 3. The summed E-state index contributed by atoms with van der Waals surface area (Å²) < 4.78 is 33.2. The lowest BCUT2D eigenvalue weighted by atomic mass is 10.0. The van der Waals surface area contributed by atoms with Crippen LogP contribution in [0.15, 0.2) is 41.3 Å². The van der Waals surface area contributed by atoms with Crippen LogP contribution >= 0.6 is 0 Å². The fourth-order valence-corrected chi connectivity index (χ4v) is 5.29. The maximum atomic E-state index is 13.2. The molecule has 1 N–H and O–H groups in total. The Morgan fingerprint density at radius 1 is 1.03 bits per heavy atom. The Balaban J connectivity index is 1.70. The highest BCUT2D eigenvalue weighted by Gasteiger charge is 2.32. The number of nitrogens with zero attached hydrogens (tertiary/aromatic N) is 1. The van der Waals surface area contributed by atoms with E-state index in [9.17, 15) is 13.2 Å². The minimum absolute atomic E-state index is 0.0461. The number of sulfonamides is 1. The van der Waals surface area contributed by atoms with Crippen LogP contribution in [0.5, 0.6) is 5.75 Å². The lowest BCUT2D eigenvalue weighted by Crippen LogP contribution is -2.46. The first-order valence-electron chi connectivity index (χ1n) is 9.76. The standard InChI is InChI=1S/C22H28N2O4S/c1-15-7-5-6-8-19(15)22(25)23-18-9-11-24(12-10-18)29(26,27)21-14-17(3)16(2)13-20(21)28-4/h5-8,13-14,18H,9-12H2,1-4H3,(H,23,25). The van der Waals surface area contributed by atoms with Gasteiger partial charge in [-0.3, -0.25) is 4.79 Å². The van der Waals surface area contributed by atoms with Gasteiger partial charge in [-0.15, -0.1) is 0 Å². The van der Waals surface area contributed by atoms with Crippen molar-refractivity contribution in [3.05, 3.63) is 58.7 Å². The second-order valence-corrected chi connectivity index (χ2v) is 9.46. The number of amides is 1. The van der Waals surface area contributed by atoms with Crippen LogP contribution in [0.3, 0.4) is 0 Å². The van der Waals surface area contributed by atoms with Gasteiger partial charge in [0.25, 0.3) is 5.91 Å². The number of benzene rings is 2. The number of ether oxygens (including phenoxy) is 1. The number of methoxy groups -OCH3 is 1. The predicted molar refractivity (Wildman–Crippen MR) is 113 cm³/mol. The Morgan fingerprint density at radius 2 is 1.66 bits per heavy atom. The molecule has 6 nitrogen and oxygen atoms in total. The minimum Gasteiger partial charge on any atom is -0.495 e. The predicted octanol–water partition coefficient (Wildman–Crippen LogP) is 3.20. The largest absolute Gasteiger partial charge is 0.495 e. The number of piperidine rings is 1. The highest BCUT2D eigenvalue weighted by molar-refractivity contribution is 7.89. The summed E-state index contributed by atoms with van der Waals surface area (Å²) in [5.74, 6) is 0.253. The molecule has 7 heteroatoms. The van der Waals surface area contributed by atoms with E-state index >= 15 is 0 Å². The van der Waals surface area contributed by atoms with Crippen molar-refractivity contribution < 1.29 is 17.9 Å². The molecule has 156 valence electrons. The molecular weight excluding hydrogens is 388 g/mol. The molecule has 1 aliphatic rings. The van der Waals surface area contributed by atoms with Crippen LogP contribution in [0.4, 0.5) is 0 Å². The topological polar surface area (TPSA) is 75.7 Å². The summed E-state index contributed by atoms with van der Waals surface area (Å²) in [7, 11) is -2.18. The molecule has 0 saturated carbocycles. The number of rotatable bonds is 5. The van der Waals surface area contributed by atoms with Gasteiger partial charge in [0, 0.05) is 24.7 Å². The summed E-state index contributed by atoms with van der Waals surface area (Å²) in [4.78, 5) is 12.7. The third-order valence-corrected chi connectivity index (χ3v) is 7.50. The Labute approximate surface area is 172 Å². The van der Waals surface area contributed by atoms with E-state index in [0.717, 1.165) is 16.7 Å². The van der Waals surface area contributed by atoms with E-state index in [1.54, 1.807) is 18.2 Å². The van der Waals surface area contributed by atoms with Crippen molar-refractivity contribution in [2.75, 3.05) is 20.2 Å². The van der Waals surface area contributed by atoms with Crippen molar-refractivity contribution in [1.82, 2.24) is 9.62 Å². The second-order valence-electron chi connectivity index (χ2n) is 7.55. The van der Waals surface area contributed by atoms with Crippen LogP contribution in [0.1, 0.15) is 39.9 Å². The van der Waals surface area contributed by atoms with Gasteiger partial charge in [-0.1, -0.05) is 18.2 Å². The summed E-state index contributed by atoms with van der Waals surface area (Å²) in [5.41, 5.74) is 3.47. The van der Waals surface area contributed by atoms with Crippen molar-refractivity contribution in [1.29, 1.82) is 0 Å². The Hall–Kier alpha value is -2.38. The quantitative estimate of drug-likeness (QED) is 0.812. The van der Waals surface area contributed by atoms with Crippen molar-refractivity contribution in [2.45, 2.75) is 44.6 Å². The molecule has 0 aliphatic carbocycles. The van der Waals surface area contributed by atoms with Gasteiger partial charge in [-0.2, -0.15) is 4.31 Å². The van der Waals surface area contributed by atoms with E-state index in [2.05, 4.69) is 5.32 Å². The first-order chi connectivity index (χ1) is 13.7. The molecule has 0 aromatic heterocycles. The van der Waals surface area contributed by atoms with E-state index in [4.69, 9.17) is 4.74 Å². The molecular formula is C22H28N2O4S. The van der Waals surface area contributed by atoms with Gasteiger partial charge in [-0.25, -0.2) is 8.42 Å². The smallest absolute Gasteiger partial charge is 0.251 e. The highest BCUT2D eigenvalue weighted by atomic mass is 32.2. The molecule has 0 radical (unpaired) electrons. The normalized spacial score (nSPS) is 15.9. The minimum atomic E-state index is -3.66. The molecule has 0 spiro atoms. The summed E-state index contributed by atoms with van der Waals surface area (Å²) in [6, 6.07) is 10.8. The molecule has 2 aromatic rings. The monoisotopic (exact) mass is 416 g/mol. The van der Waals surface area contributed by atoms with Gasteiger partial charge in [0.05, 0.1) is 7.11 Å². The molecule has 1 amide bonds. The van der Waals surface area contributed by atoms with E-state index < -0.39 is 10.0 Å². The number of carbonyl (C=O) groups excluding carboxylic acids is 1. The van der Waals surface area contributed by atoms with Crippen LogP contribution in [-0.2, 0) is 10.0 Å². The fourth-order valence-electron chi connectivity index (χ4n) is 3.59. The van der Waals surface area contributed by atoms with Crippen molar-refractivity contribution in [3.63, 3.8) is 0 Å². The summed E-state index contributed by atoms with van der Waals surface area (Å²) in [5, 5.41) is 3.04. The summed E-state index contributed by atoms with van der Waals surface area (Å²) >= 11 is 0. The van der Waals surface area contributed by atoms with E-state index in [-0.39, 0.29) is 16.8 Å². The first kappa shape index (κ1) is 21.3. The molecule has 3 rings (SSSR count). The van der Waals surface area contributed by atoms with Gasteiger partial charge in [0.1, 0.15) is 10.6 Å². The summed E-state index contributed by atoms with van der Waals surface area (Å²) in [6.45, 7) is 6.44. The maximum Gasteiger partial charge on any atom is 0.251 e. The zero-order valence-electron chi connectivity index (χ0n) is 17.4. The van der Waals surface area contributed by atoms with E-state index in [1.807, 2.05) is 39.0 Å². The van der Waals surface area contributed by atoms with Crippen molar-refractivity contribution >= 4 is 15.9 Å². The third kappa shape index (κ3) is 4.46. The Kier molecular flexibility index (Phi) is 6.29.